The van der Waals surface area contributed by atoms with E-state index in [2.05, 4.69) is 0 Å². The summed E-state index contributed by atoms with van der Waals surface area (Å²) in [7, 11) is 0. The second-order valence-electron chi connectivity index (χ2n) is 7.16. The molecule has 1 aliphatic heterocycles. The second kappa shape index (κ2) is 6.83. The second-order valence-corrected chi connectivity index (χ2v) is 7.16. The summed E-state index contributed by atoms with van der Waals surface area (Å²) in [6, 6.07) is 29.7. The molecule has 1 N–H and O–H groups in total. The quantitative estimate of drug-likeness (QED) is 0.514. The van der Waals surface area contributed by atoms with Crippen LogP contribution in [0.25, 0.3) is 10.8 Å². The van der Waals surface area contributed by atoms with Gasteiger partial charge in [-0.15, -0.1) is 0 Å². The fraction of sp³-hybridized carbons (Fsp3) is 0.0400. The van der Waals surface area contributed by atoms with E-state index < -0.39 is 17.7 Å². The molecule has 5 heteroatoms. The van der Waals surface area contributed by atoms with Gasteiger partial charge in [-0.2, -0.15) is 0 Å². The molecule has 0 spiro atoms. The lowest BCUT2D eigenvalue weighted by molar-refractivity contribution is -0.133. The van der Waals surface area contributed by atoms with Gasteiger partial charge in [-0.1, -0.05) is 72.8 Å². The molecule has 1 heterocycles. The molecule has 30 heavy (non-hydrogen) atoms. The summed E-state index contributed by atoms with van der Waals surface area (Å²) < 4.78 is 0. The van der Waals surface area contributed by atoms with E-state index >= 15 is 0 Å². The number of hydrogen-bond donors (Lipinski definition) is 1. The van der Waals surface area contributed by atoms with Gasteiger partial charge in [-0.3, -0.25) is 9.69 Å². The lowest BCUT2D eigenvalue weighted by Crippen LogP contribution is -2.47. The number of imide groups is 1. The van der Waals surface area contributed by atoms with Crippen LogP contribution in [0.5, 0.6) is 0 Å². The normalized spacial score (nSPS) is 19.0. The minimum Gasteiger partial charge on any atom is -0.359 e. The number of carbonyl (C=O) groups is 2. The molecule has 4 aromatic rings. The number of para-hydroxylation sites is 2. The fourth-order valence-corrected chi connectivity index (χ4v) is 3.91. The first-order valence-corrected chi connectivity index (χ1v) is 9.61. The van der Waals surface area contributed by atoms with E-state index in [1.165, 1.54) is 0 Å². The van der Waals surface area contributed by atoms with Crippen molar-refractivity contribution < 1.29 is 14.7 Å². The Kier molecular flexibility index (Phi) is 4.12. The fourth-order valence-electron chi connectivity index (χ4n) is 3.91. The van der Waals surface area contributed by atoms with Crippen LogP contribution in [0, 0.1) is 0 Å². The first kappa shape index (κ1) is 18.1. The number of urea groups is 1. The van der Waals surface area contributed by atoms with E-state index in [1.54, 1.807) is 66.7 Å². The summed E-state index contributed by atoms with van der Waals surface area (Å²) in [5.74, 6) is -0.710. The average Bonchev–Trinajstić information content (AvgIpc) is 3.00. The standard InChI is InChI=1S/C25H18N2O3/c28-23-25(30,20-16-15-18-9-7-8-10-19(18)17-20)27(22-13-5-2-6-14-22)24(29)26(23)21-11-3-1-4-12-21/h1-17,30H. The molecule has 5 rings (SSSR count). The highest BCUT2D eigenvalue weighted by atomic mass is 16.3. The van der Waals surface area contributed by atoms with Crippen LogP contribution < -0.4 is 9.80 Å². The van der Waals surface area contributed by atoms with Crippen molar-refractivity contribution in [2.45, 2.75) is 5.72 Å². The molecule has 5 nitrogen and oxygen atoms in total. The maximum atomic E-state index is 13.6. The number of carbonyl (C=O) groups excluding carboxylic acids is 2. The van der Waals surface area contributed by atoms with Crippen molar-refractivity contribution in [3.8, 4) is 0 Å². The van der Waals surface area contributed by atoms with Crippen LogP contribution in [0.15, 0.2) is 103 Å². The Morgan fingerprint density at radius 3 is 1.87 bits per heavy atom. The molecule has 1 saturated heterocycles. The van der Waals surface area contributed by atoms with Gasteiger partial charge < -0.3 is 5.11 Å². The van der Waals surface area contributed by atoms with Gasteiger partial charge in [-0.25, -0.2) is 9.69 Å². The van der Waals surface area contributed by atoms with E-state index in [9.17, 15) is 14.7 Å². The van der Waals surface area contributed by atoms with E-state index in [0.29, 0.717) is 16.9 Å². The lowest BCUT2D eigenvalue weighted by Gasteiger charge is -2.30. The zero-order valence-corrected chi connectivity index (χ0v) is 16.0. The predicted octanol–water partition coefficient (Wildman–Crippen LogP) is 4.66. The molecular formula is C25H18N2O3. The van der Waals surface area contributed by atoms with Crippen molar-refractivity contribution in [3.63, 3.8) is 0 Å². The first-order valence-electron chi connectivity index (χ1n) is 9.61. The van der Waals surface area contributed by atoms with E-state index in [-0.39, 0.29) is 0 Å². The number of anilines is 2. The van der Waals surface area contributed by atoms with Gasteiger partial charge in [0.25, 0.3) is 11.6 Å². The van der Waals surface area contributed by atoms with Crippen LogP contribution in [0.3, 0.4) is 0 Å². The number of fused-ring (bicyclic) bond motifs is 1. The summed E-state index contributed by atoms with van der Waals surface area (Å²) in [5, 5.41) is 13.7. The van der Waals surface area contributed by atoms with Gasteiger partial charge in [-0.05, 0) is 41.1 Å². The number of amides is 3. The molecule has 146 valence electrons. The van der Waals surface area contributed by atoms with Crippen LogP contribution in [0.4, 0.5) is 16.2 Å². The monoisotopic (exact) mass is 394 g/mol. The molecule has 0 bridgehead atoms. The minimum absolute atomic E-state index is 0.335. The van der Waals surface area contributed by atoms with Gasteiger partial charge in [0.05, 0.1) is 5.69 Å². The highest BCUT2D eigenvalue weighted by Gasteiger charge is 2.59. The van der Waals surface area contributed by atoms with Crippen LogP contribution >= 0.6 is 0 Å². The van der Waals surface area contributed by atoms with Crippen molar-refractivity contribution in [3.05, 3.63) is 109 Å². The maximum absolute atomic E-state index is 13.6. The molecule has 0 saturated carbocycles. The Morgan fingerprint density at radius 1 is 0.633 bits per heavy atom. The summed E-state index contributed by atoms with van der Waals surface area (Å²) >= 11 is 0. The number of rotatable bonds is 3. The van der Waals surface area contributed by atoms with Crippen LogP contribution in [0.1, 0.15) is 5.56 Å². The van der Waals surface area contributed by atoms with Gasteiger partial charge in [0, 0.05) is 11.3 Å². The summed E-state index contributed by atoms with van der Waals surface area (Å²) in [4.78, 5) is 29.2. The molecule has 1 fully saturated rings. The first-order chi connectivity index (χ1) is 14.6. The van der Waals surface area contributed by atoms with Gasteiger partial charge in [0.1, 0.15) is 0 Å². The highest BCUT2D eigenvalue weighted by Crippen LogP contribution is 2.41. The molecule has 3 amide bonds. The third-order valence-corrected chi connectivity index (χ3v) is 5.39. The van der Waals surface area contributed by atoms with E-state index in [4.69, 9.17) is 0 Å². The van der Waals surface area contributed by atoms with E-state index in [1.807, 2.05) is 36.4 Å². The molecule has 0 radical (unpaired) electrons. The lowest BCUT2D eigenvalue weighted by atomic mass is 9.97. The summed E-state index contributed by atoms with van der Waals surface area (Å²) in [5.41, 5.74) is -0.991. The molecular weight excluding hydrogens is 376 g/mol. The molecule has 1 atom stereocenters. The Hall–Kier alpha value is -3.96. The largest absolute Gasteiger partial charge is 0.359 e. The molecule has 0 aromatic heterocycles. The van der Waals surface area contributed by atoms with Crippen LogP contribution in [-0.4, -0.2) is 17.0 Å². The Labute approximate surface area is 173 Å². The average molecular weight is 394 g/mol. The molecule has 0 aliphatic carbocycles. The van der Waals surface area contributed by atoms with Crippen molar-refractivity contribution in [2.24, 2.45) is 0 Å². The number of benzene rings is 4. The van der Waals surface area contributed by atoms with Crippen molar-refractivity contribution in [1.29, 1.82) is 0 Å². The van der Waals surface area contributed by atoms with Crippen molar-refractivity contribution >= 4 is 34.1 Å². The van der Waals surface area contributed by atoms with Gasteiger partial charge in [0.15, 0.2) is 0 Å². The van der Waals surface area contributed by atoms with Crippen LogP contribution in [-0.2, 0) is 10.5 Å². The SMILES string of the molecule is O=C1N(c2ccccc2)C(=O)C(O)(c2ccc3ccccc3c2)N1c1ccccc1. The summed E-state index contributed by atoms with van der Waals surface area (Å²) in [6.45, 7) is 0. The number of hydrogen-bond acceptors (Lipinski definition) is 3. The smallest absolute Gasteiger partial charge is 0.339 e. The zero-order valence-electron chi connectivity index (χ0n) is 16.0. The maximum Gasteiger partial charge on any atom is 0.339 e. The third-order valence-electron chi connectivity index (χ3n) is 5.39. The van der Waals surface area contributed by atoms with Crippen molar-refractivity contribution in [1.82, 2.24) is 0 Å². The Bertz CT molecular complexity index is 1260. The highest BCUT2D eigenvalue weighted by molar-refractivity contribution is 6.29. The number of nitrogens with zero attached hydrogens (tertiary/aromatic N) is 2. The van der Waals surface area contributed by atoms with Crippen LogP contribution in [0.2, 0.25) is 0 Å². The van der Waals surface area contributed by atoms with Gasteiger partial charge >= 0.3 is 6.03 Å². The predicted molar refractivity (Wildman–Crippen MR) is 116 cm³/mol. The zero-order chi connectivity index (χ0) is 20.7. The summed E-state index contributed by atoms with van der Waals surface area (Å²) in [6.07, 6.45) is 0. The Morgan fingerprint density at radius 2 is 1.20 bits per heavy atom. The van der Waals surface area contributed by atoms with Gasteiger partial charge in [0.2, 0.25) is 0 Å². The number of aliphatic hydroxyl groups is 1. The van der Waals surface area contributed by atoms with E-state index in [0.717, 1.165) is 20.6 Å². The molecule has 1 unspecified atom stereocenters. The Balaban J connectivity index is 1.73. The molecule has 4 aromatic carbocycles. The third kappa shape index (κ3) is 2.60. The molecule has 1 aliphatic rings. The topological polar surface area (TPSA) is 60.9 Å². The van der Waals surface area contributed by atoms with Crippen molar-refractivity contribution in [2.75, 3.05) is 9.80 Å². The minimum atomic E-state index is -2.17.